The lowest BCUT2D eigenvalue weighted by molar-refractivity contribution is 0.778. The number of hydrogen-bond acceptors (Lipinski definition) is 2. The number of thiocarbonyl (C=S) groups is 1. The molecule has 4 nitrogen and oxygen atoms in total. The van der Waals surface area contributed by atoms with Crippen LogP contribution in [-0.2, 0) is 7.05 Å². The van der Waals surface area contributed by atoms with Crippen molar-refractivity contribution in [2.45, 2.75) is 0 Å². The van der Waals surface area contributed by atoms with Crippen molar-refractivity contribution in [2.24, 2.45) is 7.05 Å². The van der Waals surface area contributed by atoms with E-state index in [1.165, 1.54) is 0 Å². The molecular weight excluding hydrogens is 220 g/mol. The molecular formula is C11H12N4S. The number of rotatable bonds is 2. The first-order valence-electron chi connectivity index (χ1n) is 4.87. The fraction of sp³-hybridized carbons (Fsp3) is 0.0909. The van der Waals surface area contributed by atoms with E-state index in [0.29, 0.717) is 5.11 Å². The van der Waals surface area contributed by atoms with Crippen molar-refractivity contribution in [2.75, 3.05) is 10.6 Å². The maximum Gasteiger partial charge on any atom is 0.176 e. The summed E-state index contributed by atoms with van der Waals surface area (Å²) >= 11 is 5.18. The third-order valence-electron chi connectivity index (χ3n) is 2.09. The topological polar surface area (TPSA) is 41.9 Å². The van der Waals surface area contributed by atoms with E-state index in [2.05, 4.69) is 15.7 Å². The van der Waals surface area contributed by atoms with Crippen LogP contribution in [0.3, 0.4) is 0 Å². The molecule has 0 unspecified atom stereocenters. The van der Waals surface area contributed by atoms with Crippen LogP contribution in [0.2, 0.25) is 0 Å². The Balaban J connectivity index is 1.98. The average Bonchev–Trinajstić information content (AvgIpc) is 2.66. The lowest BCUT2D eigenvalue weighted by Gasteiger charge is -2.09. The number of aryl methyl sites for hydroxylation is 1. The van der Waals surface area contributed by atoms with Gasteiger partial charge in [-0.2, -0.15) is 5.10 Å². The number of nitrogens with zero attached hydrogens (tertiary/aromatic N) is 2. The Hall–Kier alpha value is -1.88. The molecule has 82 valence electrons. The Morgan fingerprint density at radius 3 is 2.56 bits per heavy atom. The molecule has 0 fully saturated rings. The van der Waals surface area contributed by atoms with E-state index in [9.17, 15) is 0 Å². The van der Waals surface area contributed by atoms with E-state index < -0.39 is 0 Å². The SMILES string of the molecule is Cn1nccc1NC(=S)Nc1ccccc1. The van der Waals surface area contributed by atoms with Crippen LogP contribution in [-0.4, -0.2) is 14.9 Å². The van der Waals surface area contributed by atoms with Crippen LogP contribution in [0.4, 0.5) is 11.5 Å². The molecule has 2 N–H and O–H groups in total. The van der Waals surface area contributed by atoms with Gasteiger partial charge in [0.1, 0.15) is 5.82 Å². The zero-order valence-electron chi connectivity index (χ0n) is 8.84. The van der Waals surface area contributed by atoms with Gasteiger partial charge in [0.15, 0.2) is 5.11 Å². The summed E-state index contributed by atoms with van der Waals surface area (Å²) in [7, 11) is 1.85. The van der Waals surface area contributed by atoms with Crippen molar-refractivity contribution >= 4 is 28.8 Å². The van der Waals surface area contributed by atoms with Crippen LogP contribution in [0, 0.1) is 0 Å². The molecule has 0 bridgehead atoms. The number of benzene rings is 1. The second kappa shape index (κ2) is 4.76. The van der Waals surface area contributed by atoms with Crippen molar-refractivity contribution in [3.63, 3.8) is 0 Å². The molecule has 1 aromatic carbocycles. The van der Waals surface area contributed by atoms with Gasteiger partial charge in [0, 0.05) is 18.8 Å². The Bertz CT molecular complexity index is 478. The van der Waals surface area contributed by atoms with Crippen molar-refractivity contribution in [1.82, 2.24) is 9.78 Å². The summed E-state index contributed by atoms with van der Waals surface area (Å²) in [4.78, 5) is 0. The minimum atomic E-state index is 0.551. The van der Waals surface area contributed by atoms with Crippen molar-refractivity contribution in [1.29, 1.82) is 0 Å². The second-order valence-corrected chi connectivity index (χ2v) is 3.69. The Labute approximate surface area is 99.3 Å². The second-order valence-electron chi connectivity index (χ2n) is 3.29. The lowest BCUT2D eigenvalue weighted by atomic mass is 10.3. The zero-order chi connectivity index (χ0) is 11.4. The van der Waals surface area contributed by atoms with Gasteiger partial charge >= 0.3 is 0 Å². The molecule has 16 heavy (non-hydrogen) atoms. The highest BCUT2D eigenvalue weighted by molar-refractivity contribution is 7.80. The van der Waals surface area contributed by atoms with E-state index in [4.69, 9.17) is 12.2 Å². The first-order valence-corrected chi connectivity index (χ1v) is 5.27. The fourth-order valence-corrected chi connectivity index (χ4v) is 1.52. The van der Waals surface area contributed by atoms with Gasteiger partial charge in [-0.25, -0.2) is 0 Å². The quantitative estimate of drug-likeness (QED) is 0.779. The molecule has 1 aromatic heterocycles. The van der Waals surface area contributed by atoms with E-state index in [-0.39, 0.29) is 0 Å². The van der Waals surface area contributed by atoms with E-state index in [1.807, 2.05) is 43.4 Å². The summed E-state index contributed by atoms with van der Waals surface area (Å²) in [6, 6.07) is 11.6. The maximum absolute atomic E-state index is 5.18. The van der Waals surface area contributed by atoms with Gasteiger partial charge in [-0.3, -0.25) is 4.68 Å². The highest BCUT2D eigenvalue weighted by Gasteiger charge is 2.01. The third-order valence-corrected chi connectivity index (χ3v) is 2.30. The standard InChI is InChI=1S/C11H12N4S/c1-15-10(7-8-12-15)14-11(16)13-9-5-3-2-4-6-9/h2-8H,1H3,(H2,13,14,16). The van der Waals surface area contributed by atoms with Crippen LogP contribution in [0.5, 0.6) is 0 Å². The molecule has 2 rings (SSSR count). The average molecular weight is 232 g/mol. The Kier molecular flexibility index (Phi) is 3.16. The number of aromatic nitrogens is 2. The van der Waals surface area contributed by atoms with Gasteiger partial charge in [0.05, 0.1) is 6.20 Å². The van der Waals surface area contributed by atoms with E-state index in [0.717, 1.165) is 11.5 Å². The number of nitrogens with one attached hydrogen (secondary N) is 2. The molecule has 0 aliphatic heterocycles. The molecule has 0 radical (unpaired) electrons. The minimum absolute atomic E-state index is 0.551. The summed E-state index contributed by atoms with van der Waals surface area (Å²) in [5, 5.41) is 10.7. The fourth-order valence-electron chi connectivity index (χ4n) is 1.30. The third kappa shape index (κ3) is 2.58. The summed E-state index contributed by atoms with van der Waals surface area (Å²) < 4.78 is 1.72. The molecule has 1 heterocycles. The first kappa shape index (κ1) is 10.6. The lowest BCUT2D eigenvalue weighted by Crippen LogP contribution is -2.20. The normalized spacial score (nSPS) is 9.81. The van der Waals surface area contributed by atoms with Crippen molar-refractivity contribution < 1.29 is 0 Å². The Morgan fingerprint density at radius 1 is 1.19 bits per heavy atom. The van der Waals surface area contributed by atoms with Crippen molar-refractivity contribution in [3.05, 3.63) is 42.6 Å². The van der Waals surface area contributed by atoms with Crippen LogP contribution in [0.1, 0.15) is 0 Å². The number of para-hydroxylation sites is 1. The zero-order valence-corrected chi connectivity index (χ0v) is 9.66. The van der Waals surface area contributed by atoms with Gasteiger partial charge in [-0.05, 0) is 24.4 Å². The number of anilines is 2. The summed E-state index contributed by atoms with van der Waals surface area (Å²) in [6.45, 7) is 0. The van der Waals surface area contributed by atoms with E-state index >= 15 is 0 Å². The van der Waals surface area contributed by atoms with Gasteiger partial charge in [0.2, 0.25) is 0 Å². The predicted octanol–water partition coefficient (Wildman–Crippen LogP) is 2.23. The summed E-state index contributed by atoms with van der Waals surface area (Å²) in [6.07, 6.45) is 1.72. The van der Waals surface area contributed by atoms with Crippen LogP contribution < -0.4 is 10.6 Å². The minimum Gasteiger partial charge on any atom is -0.332 e. The van der Waals surface area contributed by atoms with Gasteiger partial charge in [0.25, 0.3) is 0 Å². The molecule has 2 aromatic rings. The van der Waals surface area contributed by atoms with Crippen LogP contribution in [0.25, 0.3) is 0 Å². The monoisotopic (exact) mass is 232 g/mol. The van der Waals surface area contributed by atoms with Gasteiger partial charge < -0.3 is 10.6 Å². The molecule has 0 aliphatic carbocycles. The van der Waals surface area contributed by atoms with Crippen LogP contribution in [0.15, 0.2) is 42.6 Å². The maximum atomic E-state index is 5.18. The predicted molar refractivity (Wildman–Crippen MR) is 69.5 cm³/mol. The molecule has 0 atom stereocenters. The molecule has 0 spiro atoms. The van der Waals surface area contributed by atoms with Gasteiger partial charge in [-0.1, -0.05) is 18.2 Å². The van der Waals surface area contributed by atoms with E-state index in [1.54, 1.807) is 10.9 Å². The number of hydrogen-bond donors (Lipinski definition) is 2. The summed E-state index contributed by atoms with van der Waals surface area (Å²) in [5.41, 5.74) is 0.960. The smallest absolute Gasteiger partial charge is 0.176 e. The first-order chi connectivity index (χ1) is 7.75. The van der Waals surface area contributed by atoms with Gasteiger partial charge in [-0.15, -0.1) is 0 Å². The molecule has 0 amide bonds. The molecule has 0 saturated carbocycles. The molecule has 0 aliphatic rings. The highest BCUT2D eigenvalue weighted by atomic mass is 32.1. The Morgan fingerprint density at radius 2 is 1.94 bits per heavy atom. The highest BCUT2D eigenvalue weighted by Crippen LogP contribution is 2.07. The van der Waals surface area contributed by atoms with Crippen LogP contribution >= 0.6 is 12.2 Å². The molecule has 0 saturated heterocycles. The largest absolute Gasteiger partial charge is 0.332 e. The summed E-state index contributed by atoms with van der Waals surface area (Å²) in [5.74, 6) is 0.855. The molecule has 5 heteroatoms. The van der Waals surface area contributed by atoms with Crippen molar-refractivity contribution in [3.8, 4) is 0 Å².